The molecule has 1 atom stereocenters. The van der Waals surface area contributed by atoms with Crippen molar-refractivity contribution in [3.05, 3.63) is 34.4 Å². The van der Waals surface area contributed by atoms with Gasteiger partial charge in [0.2, 0.25) is 0 Å². The highest BCUT2D eigenvalue weighted by atomic mass is 35.5. The highest BCUT2D eigenvalue weighted by Crippen LogP contribution is 2.34. The van der Waals surface area contributed by atoms with E-state index in [1.165, 1.54) is 16.8 Å². The first-order valence-electron chi connectivity index (χ1n) is 7.04. The summed E-state index contributed by atoms with van der Waals surface area (Å²) in [4.78, 5) is 0. The summed E-state index contributed by atoms with van der Waals surface area (Å²) in [6.45, 7) is 1.07. The Bertz CT molecular complexity index is 794. The fraction of sp³-hybridized carbons (Fsp3) is 0.333. The zero-order chi connectivity index (χ0) is 16.6. The Kier molecular flexibility index (Phi) is 4.20. The lowest BCUT2D eigenvalue weighted by Crippen LogP contribution is -2.23. The number of nitriles is 1. The van der Waals surface area contributed by atoms with E-state index < -0.39 is 11.6 Å². The number of rotatable bonds is 2. The highest BCUT2D eigenvalue weighted by Gasteiger charge is 2.26. The van der Waals surface area contributed by atoms with Crippen molar-refractivity contribution in [3.63, 3.8) is 0 Å². The smallest absolute Gasteiger partial charge is 0.178 e. The van der Waals surface area contributed by atoms with Crippen molar-refractivity contribution in [2.45, 2.75) is 18.9 Å². The minimum absolute atomic E-state index is 0.00337. The largest absolute Gasteiger partial charge is 0.383 e. The van der Waals surface area contributed by atoms with Gasteiger partial charge in [-0.2, -0.15) is 10.4 Å². The van der Waals surface area contributed by atoms with Crippen LogP contribution in [0.5, 0.6) is 0 Å². The molecule has 0 amide bonds. The molecule has 120 valence electrons. The van der Waals surface area contributed by atoms with Crippen LogP contribution in [0, 0.1) is 23.0 Å². The summed E-state index contributed by atoms with van der Waals surface area (Å²) in [6.07, 6.45) is 1.62. The minimum atomic E-state index is -1.18. The van der Waals surface area contributed by atoms with Crippen LogP contribution in [0.15, 0.2) is 12.1 Å². The maximum absolute atomic E-state index is 14.2. The summed E-state index contributed by atoms with van der Waals surface area (Å²) in [5, 5.41) is 13.2. The van der Waals surface area contributed by atoms with E-state index in [2.05, 4.69) is 5.10 Å². The Morgan fingerprint density at radius 2 is 2.17 bits per heavy atom. The Hall–Kier alpha value is -2.17. The number of ether oxygens (including phenoxy) is 1. The zero-order valence-corrected chi connectivity index (χ0v) is 12.8. The quantitative estimate of drug-likeness (QED) is 0.852. The van der Waals surface area contributed by atoms with E-state index in [4.69, 9.17) is 22.1 Å². The van der Waals surface area contributed by atoms with Gasteiger partial charge < -0.3 is 10.5 Å². The number of hydrogen-bond donors (Lipinski definition) is 1. The third kappa shape index (κ3) is 2.64. The fourth-order valence-electron chi connectivity index (χ4n) is 2.65. The van der Waals surface area contributed by atoms with E-state index in [1.54, 1.807) is 0 Å². The molecule has 0 spiro atoms. The fourth-order valence-corrected chi connectivity index (χ4v) is 2.80. The van der Waals surface area contributed by atoms with Gasteiger partial charge in [0.05, 0.1) is 17.7 Å². The number of aromatic nitrogens is 2. The van der Waals surface area contributed by atoms with Crippen LogP contribution >= 0.6 is 11.6 Å². The molecule has 0 radical (unpaired) electrons. The SMILES string of the molecule is N#Cc1c(-c2ccc(Cl)c(F)c2F)nn(C2CCCOC2)c1N. The molecule has 8 heteroatoms. The molecule has 2 N–H and O–H groups in total. The van der Waals surface area contributed by atoms with Gasteiger partial charge in [0.15, 0.2) is 11.6 Å². The highest BCUT2D eigenvalue weighted by molar-refractivity contribution is 6.30. The molecule has 5 nitrogen and oxygen atoms in total. The van der Waals surface area contributed by atoms with Crippen LogP contribution in [0.25, 0.3) is 11.3 Å². The first-order valence-corrected chi connectivity index (χ1v) is 7.42. The minimum Gasteiger partial charge on any atom is -0.383 e. The van der Waals surface area contributed by atoms with Crippen LogP contribution in [-0.4, -0.2) is 23.0 Å². The van der Waals surface area contributed by atoms with E-state index >= 15 is 0 Å². The molecule has 0 saturated carbocycles. The van der Waals surface area contributed by atoms with Gasteiger partial charge in [-0.15, -0.1) is 0 Å². The maximum atomic E-state index is 14.2. The van der Waals surface area contributed by atoms with Crippen LogP contribution in [-0.2, 0) is 4.74 Å². The third-order valence-electron chi connectivity index (χ3n) is 3.83. The second kappa shape index (κ2) is 6.14. The summed E-state index contributed by atoms with van der Waals surface area (Å²) < 4.78 is 34.7. The molecule has 1 aliphatic rings. The van der Waals surface area contributed by atoms with Crippen molar-refractivity contribution in [2.75, 3.05) is 18.9 Å². The van der Waals surface area contributed by atoms with Gasteiger partial charge in [0.1, 0.15) is 23.1 Å². The molecule has 3 rings (SSSR count). The molecule has 1 saturated heterocycles. The van der Waals surface area contributed by atoms with Gasteiger partial charge in [0.25, 0.3) is 0 Å². The number of nitrogens with two attached hydrogens (primary N) is 1. The van der Waals surface area contributed by atoms with Crippen LogP contribution in [0.4, 0.5) is 14.6 Å². The molecule has 0 aliphatic carbocycles. The molecule has 2 heterocycles. The average Bonchev–Trinajstić information content (AvgIpc) is 2.90. The molecule has 1 aromatic carbocycles. The van der Waals surface area contributed by atoms with Gasteiger partial charge in [0, 0.05) is 12.2 Å². The van der Waals surface area contributed by atoms with Crippen LogP contribution < -0.4 is 5.73 Å². The van der Waals surface area contributed by atoms with E-state index in [0.29, 0.717) is 13.2 Å². The Morgan fingerprint density at radius 3 is 2.83 bits per heavy atom. The summed E-state index contributed by atoms with van der Waals surface area (Å²) in [5.41, 5.74) is 5.85. The predicted molar refractivity (Wildman–Crippen MR) is 80.8 cm³/mol. The number of benzene rings is 1. The number of anilines is 1. The van der Waals surface area contributed by atoms with E-state index in [0.717, 1.165) is 12.8 Å². The lowest BCUT2D eigenvalue weighted by Gasteiger charge is -2.23. The van der Waals surface area contributed by atoms with Crippen LogP contribution in [0.1, 0.15) is 24.4 Å². The maximum Gasteiger partial charge on any atom is 0.178 e. The molecule has 23 heavy (non-hydrogen) atoms. The topological polar surface area (TPSA) is 76.9 Å². The predicted octanol–water partition coefficient (Wildman–Crippen LogP) is 3.29. The first-order chi connectivity index (χ1) is 11.0. The molecule has 1 aromatic heterocycles. The number of nitrogen functional groups attached to an aromatic ring is 1. The summed E-state index contributed by atoms with van der Waals surface area (Å²) >= 11 is 5.56. The molecule has 1 fully saturated rings. The Balaban J connectivity index is 2.13. The second-order valence-corrected chi connectivity index (χ2v) is 5.67. The Labute approximate surface area is 136 Å². The Morgan fingerprint density at radius 1 is 1.39 bits per heavy atom. The van der Waals surface area contributed by atoms with Gasteiger partial charge in [-0.25, -0.2) is 13.5 Å². The molecule has 2 aromatic rings. The van der Waals surface area contributed by atoms with Gasteiger partial charge >= 0.3 is 0 Å². The molecule has 0 bridgehead atoms. The van der Waals surface area contributed by atoms with Crippen molar-refractivity contribution in [1.29, 1.82) is 5.26 Å². The number of nitrogens with zero attached hydrogens (tertiary/aromatic N) is 3. The second-order valence-electron chi connectivity index (χ2n) is 5.26. The standard InChI is InChI=1S/C15H13ClF2N4O/c16-11-4-3-9(12(17)13(11)18)14-10(6-19)15(20)22(21-14)8-2-1-5-23-7-8/h3-4,8H,1-2,5,7,20H2. The van der Waals surface area contributed by atoms with Crippen molar-refractivity contribution in [2.24, 2.45) is 0 Å². The summed E-state index contributed by atoms with van der Waals surface area (Å²) in [5.74, 6) is -2.21. The van der Waals surface area contributed by atoms with Crippen molar-refractivity contribution in [1.82, 2.24) is 9.78 Å². The number of hydrogen-bond acceptors (Lipinski definition) is 4. The van der Waals surface area contributed by atoms with E-state index in [1.807, 2.05) is 6.07 Å². The molecule has 1 unspecified atom stereocenters. The average molecular weight is 339 g/mol. The molecule has 1 aliphatic heterocycles. The molecular weight excluding hydrogens is 326 g/mol. The zero-order valence-electron chi connectivity index (χ0n) is 12.0. The van der Waals surface area contributed by atoms with Gasteiger partial charge in [-0.1, -0.05) is 11.6 Å². The van der Waals surface area contributed by atoms with E-state index in [9.17, 15) is 14.0 Å². The van der Waals surface area contributed by atoms with E-state index in [-0.39, 0.29) is 33.7 Å². The van der Waals surface area contributed by atoms with Crippen molar-refractivity contribution >= 4 is 17.4 Å². The van der Waals surface area contributed by atoms with Crippen LogP contribution in [0.2, 0.25) is 5.02 Å². The summed E-state index contributed by atoms with van der Waals surface area (Å²) in [7, 11) is 0. The van der Waals surface area contributed by atoms with Crippen molar-refractivity contribution in [3.8, 4) is 17.3 Å². The van der Waals surface area contributed by atoms with Gasteiger partial charge in [-0.05, 0) is 25.0 Å². The number of halogens is 3. The van der Waals surface area contributed by atoms with Crippen molar-refractivity contribution < 1.29 is 13.5 Å². The lowest BCUT2D eigenvalue weighted by atomic mass is 10.1. The lowest BCUT2D eigenvalue weighted by molar-refractivity contribution is 0.0558. The van der Waals surface area contributed by atoms with Gasteiger partial charge in [-0.3, -0.25) is 0 Å². The van der Waals surface area contributed by atoms with Crippen LogP contribution in [0.3, 0.4) is 0 Å². The first kappa shape index (κ1) is 15.7. The third-order valence-corrected chi connectivity index (χ3v) is 4.12. The summed E-state index contributed by atoms with van der Waals surface area (Å²) in [6, 6.07) is 4.28. The normalized spacial score (nSPS) is 17.9. The monoisotopic (exact) mass is 338 g/mol. The molecular formula is C15H13ClF2N4O.